The number of ether oxygens (including phenoxy) is 1. The first-order valence-electron chi connectivity index (χ1n) is 7.64. The number of aryl methyl sites for hydroxylation is 1. The van der Waals surface area contributed by atoms with Gasteiger partial charge in [-0.3, -0.25) is 4.79 Å². The third-order valence-corrected chi connectivity index (χ3v) is 4.26. The van der Waals surface area contributed by atoms with Crippen LogP contribution in [0.25, 0.3) is 10.9 Å². The highest BCUT2D eigenvalue weighted by Gasteiger charge is 2.27. The molecule has 1 aromatic carbocycles. The SMILES string of the molecule is Cc1[nH]c2ccccc2c(=O)c1C[NH+]1CC(C)OC(C)C1. The third kappa shape index (κ3) is 2.87. The van der Waals surface area contributed by atoms with Crippen LogP contribution in [0.3, 0.4) is 0 Å². The van der Waals surface area contributed by atoms with Crippen LogP contribution >= 0.6 is 0 Å². The first kappa shape index (κ1) is 14.3. The van der Waals surface area contributed by atoms with Crippen LogP contribution in [0.5, 0.6) is 0 Å². The van der Waals surface area contributed by atoms with E-state index in [9.17, 15) is 4.79 Å². The van der Waals surface area contributed by atoms with E-state index in [0.717, 1.165) is 41.8 Å². The number of H-pyrrole nitrogens is 1. The van der Waals surface area contributed by atoms with Crippen molar-refractivity contribution < 1.29 is 9.64 Å². The monoisotopic (exact) mass is 287 g/mol. The predicted molar refractivity (Wildman–Crippen MR) is 83.7 cm³/mol. The van der Waals surface area contributed by atoms with Gasteiger partial charge in [0.25, 0.3) is 0 Å². The third-order valence-electron chi connectivity index (χ3n) is 4.26. The minimum atomic E-state index is 0.168. The van der Waals surface area contributed by atoms with E-state index >= 15 is 0 Å². The number of hydrogen-bond donors (Lipinski definition) is 2. The van der Waals surface area contributed by atoms with E-state index in [2.05, 4.69) is 18.8 Å². The fraction of sp³-hybridized carbons (Fsp3) is 0.471. The fourth-order valence-electron chi connectivity index (χ4n) is 3.40. The first-order chi connectivity index (χ1) is 10.0. The van der Waals surface area contributed by atoms with Crippen molar-refractivity contribution in [1.82, 2.24) is 4.98 Å². The summed E-state index contributed by atoms with van der Waals surface area (Å²) in [6.45, 7) is 8.88. The van der Waals surface area contributed by atoms with Crippen molar-refractivity contribution in [2.24, 2.45) is 0 Å². The number of nitrogens with one attached hydrogen (secondary N) is 2. The molecule has 4 nitrogen and oxygen atoms in total. The standard InChI is InChI=1S/C17H22N2O2/c1-11-8-19(9-12(2)21-11)10-15-13(3)18-16-7-5-4-6-14(16)17(15)20/h4-7,11-12H,8-10H2,1-3H3,(H,18,20)/p+1. The number of para-hydroxylation sites is 1. The Kier molecular flexibility index (Phi) is 3.83. The molecule has 0 amide bonds. The first-order valence-corrected chi connectivity index (χ1v) is 7.64. The van der Waals surface area contributed by atoms with Crippen molar-refractivity contribution in [2.45, 2.75) is 39.5 Å². The molecule has 1 aromatic heterocycles. The van der Waals surface area contributed by atoms with Crippen molar-refractivity contribution in [3.8, 4) is 0 Å². The molecule has 2 atom stereocenters. The molecule has 1 fully saturated rings. The van der Waals surface area contributed by atoms with Crippen LogP contribution in [-0.2, 0) is 11.3 Å². The van der Waals surface area contributed by atoms with Gasteiger partial charge in [-0.25, -0.2) is 0 Å². The molecule has 2 N–H and O–H groups in total. The van der Waals surface area contributed by atoms with E-state index < -0.39 is 0 Å². The highest BCUT2D eigenvalue weighted by atomic mass is 16.5. The summed E-state index contributed by atoms with van der Waals surface area (Å²) in [5.74, 6) is 0. The van der Waals surface area contributed by atoms with Crippen LogP contribution in [0, 0.1) is 6.92 Å². The molecule has 2 aromatic rings. The Morgan fingerprint density at radius 3 is 2.62 bits per heavy atom. The highest BCUT2D eigenvalue weighted by molar-refractivity contribution is 5.79. The minimum absolute atomic E-state index is 0.168. The molecule has 0 saturated carbocycles. The van der Waals surface area contributed by atoms with Crippen molar-refractivity contribution in [1.29, 1.82) is 0 Å². The lowest BCUT2D eigenvalue weighted by atomic mass is 10.1. The molecule has 1 aliphatic rings. The summed E-state index contributed by atoms with van der Waals surface area (Å²) in [5.41, 5.74) is 2.98. The van der Waals surface area contributed by atoms with Crippen molar-refractivity contribution in [3.63, 3.8) is 0 Å². The van der Waals surface area contributed by atoms with Gasteiger partial charge in [-0.15, -0.1) is 0 Å². The average Bonchev–Trinajstić information content (AvgIpc) is 2.42. The van der Waals surface area contributed by atoms with Crippen LogP contribution in [0.4, 0.5) is 0 Å². The summed E-state index contributed by atoms with van der Waals surface area (Å²) in [4.78, 5) is 17.5. The predicted octanol–water partition coefficient (Wildman–Crippen LogP) is 1.03. The van der Waals surface area contributed by atoms with Gasteiger partial charge in [0.15, 0.2) is 5.43 Å². The molecule has 1 saturated heterocycles. The lowest BCUT2D eigenvalue weighted by Crippen LogP contribution is -3.14. The summed E-state index contributed by atoms with van der Waals surface area (Å²) in [5, 5.41) is 0.784. The Balaban J connectivity index is 1.95. The largest absolute Gasteiger partial charge is 0.364 e. The molecule has 0 bridgehead atoms. The second-order valence-corrected chi connectivity index (χ2v) is 6.20. The molecule has 4 heteroatoms. The van der Waals surface area contributed by atoms with Gasteiger partial charge in [-0.1, -0.05) is 12.1 Å². The van der Waals surface area contributed by atoms with E-state index in [1.807, 2.05) is 31.2 Å². The van der Waals surface area contributed by atoms with Gasteiger partial charge in [0.2, 0.25) is 0 Å². The van der Waals surface area contributed by atoms with Crippen LogP contribution in [0.15, 0.2) is 29.1 Å². The van der Waals surface area contributed by atoms with Crippen LogP contribution in [-0.4, -0.2) is 30.3 Å². The van der Waals surface area contributed by atoms with Crippen molar-refractivity contribution in [2.75, 3.05) is 13.1 Å². The number of aromatic amines is 1. The van der Waals surface area contributed by atoms with Gasteiger partial charge in [0.1, 0.15) is 31.8 Å². The smallest absolute Gasteiger partial charge is 0.198 e. The number of pyridine rings is 1. The zero-order valence-corrected chi connectivity index (χ0v) is 12.9. The molecule has 0 radical (unpaired) electrons. The van der Waals surface area contributed by atoms with Crippen LogP contribution < -0.4 is 10.3 Å². The second-order valence-electron chi connectivity index (χ2n) is 6.20. The molecular weight excluding hydrogens is 264 g/mol. The zero-order valence-electron chi connectivity index (χ0n) is 12.9. The fourth-order valence-corrected chi connectivity index (χ4v) is 3.40. The quantitative estimate of drug-likeness (QED) is 0.866. The Hall–Kier alpha value is -1.65. The summed E-state index contributed by atoms with van der Waals surface area (Å²) < 4.78 is 5.78. The second kappa shape index (κ2) is 5.62. The Bertz CT molecular complexity index is 697. The molecular formula is C17H23N2O2+. The number of hydrogen-bond acceptors (Lipinski definition) is 2. The molecule has 0 spiro atoms. The lowest BCUT2D eigenvalue weighted by molar-refractivity contribution is -0.928. The van der Waals surface area contributed by atoms with E-state index in [-0.39, 0.29) is 17.6 Å². The van der Waals surface area contributed by atoms with Gasteiger partial charge in [0.05, 0.1) is 5.56 Å². The average molecular weight is 287 g/mol. The van der Waals surface area contributed by atoms with E-state index in [4.69, 9.17) is 4.74 Å². The van der Waals surface area contributed by atoms with Crippen molar-refractivity contribution in [3.05, 3.63) is 45.7 Å². The van der Waals surface area contributed by atoms with Gasteiger partial charge in [-0.2, -0.15) is 0 Å². The molecule has 0 aliphatic carbocycles. The maximum absolute atomic E-state index is 12.7. The molecule has 1 aliphatic heterocycles. The number of quaternary nitrogens is 1. The van der Waals surface area contributed by atoms with E-state index in [1.54, 1.807) is 0 Å². The zero-order chi connectivity index (χ0) is 15.0. The maximum Gasteiger partial charge on any atom is 0.198 e. The summed E-state index contributed by atoms with van der Waals surface area (Å²) in [6.07, 6.45) is 0.507. The summed E-state index contributed by atoms with van der Waals surface area (Å²) in [6, 6.07) is 7.73. The van der Waals surface area contributed by atoms with Crippen LogP contribution in [0.2, 0.25) is 0 Å². The number of benzene rings is 1. The Morgan fingerprint density at radius 2 is 1.90 bits per heavy atom. The van der Waals surface area contributed by atoms with Gasteiger partial charge in [0, 0.05) is 16.6 Å². The van der Waals surface area contributed by atoms with Crippen molar-refractivity contribution >= 4 is 10.9 Å². The van der Waals surface area contributed by atoms with E-state index in [0.29, 0.717) is 0 Å². The van der Waals surface area contributed by atoms with E-state index in [1.165, 1.54) is 4.90 Å². The molecule has 21 heavy (non-hydrogen) atoms. The lowest BCUT2D eigenvalue weighted by Gasteiger charge is -2.32. The Labute approximate surface area is 124 Å². The van der Waals surface area contributed by atoms with Gasteiger partial charge < -0.3 is 14.6 Å². The number of rotatable bonds is 2. The molecule has 3 rings (SSSR count). The summed E-state index contributed by atoms with van der Waals surface area (Å²) >= 11 is 0. The number of morpholine rings is 1. The Morgan fingerprint density at radius 1 is 1.24 bits per heavy atom. The topological polar surface area (TPSA) is 46.5 Å². The highest BCUT2D eigenvalue weighted by Crippen LogP contribution is 2.10. The van der Waals surface area contributed by atoms with Crippen LogP contribution in [0.1, 0.15) is 25.1 Å². The van der Waals surface area contributed by atoms with Gasteiger partial charge >= 0.3 is 0 Å². The molecule has 112 valence electrons. The number of fused-ring (bicyclic) bond motifs is 1. The summed E-state index contributed by atoms with van der Waals surface area (Å²) in [7, 11) is 0. The normalized spacial score (nSPS) is 26.1. The molecule has 2 heterocycles. The number of aromatic nitrogens is 1. The maximum atomic E-state index is 12.7. The molecule has 2 unspecified atom stereocenters. The van der Waals surface area contributed by atoms with Gasteiger partial charge in [-0.05, 0) is 32.9 Å². The minimum Gasteiger partial charge on any atom is -0.364 e.